The van der Waals surface area contributed by atoms with Crippen LogP contribution in [0.2, 0.25) is 0 Å². The maximum atomic E-state index is 10.9. The van der Waals surface area contributed by atoms with Gasteiger partial charge in [0.15, 0.2) is 11.9 Å². The Balaban J connectivity index is 4.65. The maximum absolute atomic E-state index is 10.9. The number of ether oxygens (including phenoxy) is 2. The Labute approximate surface area is 165 Å². The molecule has 0 aliphatic rings. The lowest BCUT2D eigenvalue weighted by Gasteiger charge is -2.30. The minimum absolute atomic E-state index is 0.0455. The SMILES string of the molecule is C=C[C@H](C#CC#CC[C@@H](C)[C@@H](CCCCCCC)OC(C)(C)O)OC(C)=O. The average molecular weight is 377 g/mol. The highest BCUT2D eigenvalue weighted by molar-refractivity contribution is 5.66. The van der Waals surface area contributed by atoms with Gasteiger partial charge < -0.3 is 14.6 Å². The molecule has 0 saturated carbocycles. The number of hydrogen-bond donors (Lipinski definition) is 1. The molecule has 0 aromatic rings. The molecule has 0 rings (SSSR count). The summed E-state index contributed by atoms with van der Waals surface area (Å²) in [5.74, 6) is 9.89. The lowest BCUT2D eigenvalue weighted by Crippen LogP contribution is -2.34. The first-order valence-corrected chi connectivity index (χ1v) is 9.88. The van der Waals surface area contributed by atoms with Gasteiger partial charge in [0.2, 0.25) is 0 Å². The van der Waals surface area contributed by atoms with Crippen molar-refractivity contribution in [3.63, 3.8) is 0 Å². The van der Waals surface area contributed by atoms with E-state index in [1.165, 1.54) is 38.7 Å². The number of esters is 1. The minimum atomic E-state index is -1.16. The van der Waals surface area contributed by atoms with Crippen LogP contribution in [0.25, 0.3) is 0 Å². The molecular weight excluding hydrogens is 340 g/mol. The Morgan fingerprint density at radius 2 is 1.89 bits per heavy atom. The molecule has 0 amide bonds. The fourth-order valence-corrected chi connectivity index (χ4v) is 2.59. The lowest BCUT2D eigenvalue weighted by atomic mass is 9.95. The van der Waals surface area contributed by atoms with Crippen LogP contribution in [0.4, 0.5) is 0 Å². The maximum Gasteiger partial charge on any atom is 0.304 e. The molecule has 0 radical (unpaired) electrons. The van der Waals surface area contributed by atoms with Gasteiger partial charge in [-0.1, -0.05) is 58.5 Å². The van der Waals surface area contributed by atoms with Crippen molar-refractivity contribution in [2.45, 2.75) is 97.6 Å². The smallest absolute Gasteiger partial charge is 0.304 e. The molecule has 0 heterocycles. The van der Waals surface area contributed by atoms with Crippen LogP contribution in [0.1, 0.15) is 79.6 Å². The number of rotatable bonds is 12. The minimum Gasteiger partial charge on any atom is -0.445 e. The Morgan fingerprint density at radius 1 is 1.22 bits per heavy atom. The Morgan fingerprint density at radius 3 is 2.44 bits per heavy atom. The number of hydrogen-bond acceptors (Lipinski definition) is 4. The van der Waals surface area contributed by atoms with E-state index in [1.54, 1.807) is 13.8 Å². The average Bonchev–Trinajstić information content (AvgIpc) is 2.57. The summed E-state index contributed by atoms with van der Waals surface area (Å²) in [6, 6.07) is 0. The van der Waals surface area contributed by atoms with Crippen LogP contribution in [0, 0.1) is 29.6 Å². The first-order chi connectivity index (χ1) is 12.7. The van der Waals surface area contributed by atoms with Crippen LogP contribution in [0.5, 0.6) is 0 Å². The molecule has 0 aromatic carbocycles. The van der Waals surface area contributed by atoms with Crippen molar-refractivity contribution in [1.82, 2.24) is 0 Å². The van der Waals surface area contributed by atoms with Gasteiger partial charge in [-0.3, -0.25) is 4.79 Å². The molecule has 1 N–H and O–H groups in total. The lowest BCUT2D eigenvalue weighted by molar-refractivity contribution is -0.216. The van der Waals surface area contributed by atoms with Gasteiger partial charge in [0, 0.05) is 13.3 Å². The van der Waals surface area contributed by atoms with E-state index in [2.05, 4.69) is 44.1 Å². The van der Waals surface area contributed by atoms with Crippen molar-refractivity contribution >= 4 is 5.97 Å². The summed E-state index contributed by atoms with van der Waals surface area (Å²) in [4.78, 5) is 10.9. The van der Waals surface area contributed by atoms with Crippen LogP contribution in [0.15, 0.2) is 12.7 Å². The second-order valence-corrected chi connectivity index (χ2v) is 7.32. The molecule has 0 aliphatic carbocycles. The number of carbonyl (C=O) groups is 1. The predicted molar refractivity (Wildman–Crippen MR) is 110 cm³/mol. The Kier molecular flexibility index (Phi) is 13.4. The standard InChI is InChI=1S/C23H36O4/c1-7-9-10-11-15-18-22(27-23(5,6)25)19(3)16-13-12-14-17-21(8-2)26-20(4)24/h8,19,21-22,25H,2,7,9-11,15-16,18H2,1,3-6H3/t19-,21-,22-/m1/s1. The van der Waals surface area contributed by atoms with E-state index >= 15 is 0 Å². The third-order valence-corrected chi connectivity index (χ3v) is 3.96. The molecule has 3 atom stereocenters. The topological polar surface area (TPSA) is 55.8 Å². The molecule has 0 aromatic heterocycles. The second-order valence-electron chi connectivity index (χ2n) is 7.32. The molecule has 0 aliphatic heterocycles. The van der Waals surface area contributed by atoms with E-state index in [4.69, 9.17) is 9.47 Å². The molecule has 27 heavy (non-hydrogen) atoms. The molecule has 0 bridgehead atoms. The summed E-state index contributed by atoms with van der Waals surface area (Å²) in [7, 11) is 0. The van der Waals surface area contributed by atoms with E-state index in [0.717, 1.165) is 12.8 Å². The fraction of sp³-hybridized carbons (Fsp3) is 0.696. The van der Waals surface area contributed by atoms with Crippen LogP contribution in [0.3, 0.4) is 0 Å². The van der Waals surface area contributed by atoms with Crippen LogP contribution in [-0.4, -0.2) is 29.1 Å². The number of aliphatic hydroxyl groups is 1. The molecule has 4 heteroatoms. The van der Waals surface area contributed by atoms with Gasteiger partial charge in [0.1, 0.15) is 0 Å². The van der Waals surface area contributed by atoms with Crippen molar-refractivity contribution in [3.05, 3.63) is 12.7 Å². The quantitative estimate of drug-likeness (QED) is 0.178. The largest absolute Gasteiger partial charge is 0.445 e. The van der Waals surface area contributed by atoms with E-state index in [1.807, 2.05) is 0 Å². The summed E-state index contributed by atoms with van der Waals surface area (Å²) in [5.41, 5.74) is 0. The molecular formula is C23H36O4. The van der Waals surface area contributed by atoms with E-state index in [9.17, 15) is 9.90 Å². The van der Waals surface area contributed by atoms with Crippen molar-refractivity contribution in [2.24, 2.45) is 5.92 Å². The second kappa shape index (κ2) is 14.3. The summed E-state index contributed by atoms with van der Waals surface area (Å²) >= 11 is 0. The van der Waals surface area contributed by atoms with Gasteiger partial charge in [-0.05, 0) is 50.0 Å². The van der Waals surface area contributed by atoms with Crippen LogP contribution >= 0.6 is 0 Å². The van der Waals surface area contributed by atoms with E-state index < -0.39 is 17.9 Å². The highest BCUT2D eigenvalue weighted by Crippen LogP contribution is 2.23. The fourth-order valence-electron chi connectivity index (χ4n) is 2.59. The van der Waals surface area contributed by atoms with Crippen molar-refractivity contribution < 1.29 is 19.4 Å². The van der Waals surface area contributed by atoms with Gasteiger partial charge in [0.05, 0.1) is 6.10 Å². The molecule has 0 spiro atoms. The summed E-state index contributed by atoms with van der Waals surface area (Å²) < 4.78 is 10.8. The van der Waals surface area contributed by atoms with Gasteiger partial charge in [-0.25, -0.2) is 0 Å². The zero-order chi connectivity index (χ0) is 20.7. The molecule has 4 nitrogen and oxygen atoms in total. The molecule has 0 unspecified atom stereocenters. The van der Waals surface area contributed by atoms with E-state index in [-0.39, 0.29) is 12.0 Å². The van der Waals surface area contributed by atoms with Gasteiger partial charge in [-0.15, -0.1) is 0 Å². The highest BCUT2D eigenvalue weighted by atomic mass is 16.6. The summed E-state index contributed by atoms with van der Waals surface area (Å²) in [6.07, 6.45) is 8.30. The van der Waals surface area contributed by atoms with Crippen molar-refractivity contribution in [3.8, 4) is 23.7 Å². The van der Waals surface area contributed by atoms with E-state index in [0.29, 0.717) is 6.42 Å². The Bertz CT molecular complexity index is 551. The first-order valence-electron chi connectivity index (χ1n) is 9.88. The first kappa shape index (κ1) is 25.2. The van der Waals surface area contributed by atoms with Gasteiger partial charge in [0.25, 0.3) is 0 Å². The summed E-state index contributed by atoms with van der Waals surface area (Å²) in [5, 5.41) is 10.0. The number of carbonyl (C=O) groups excluding carboxylic acids is 1. The zero-order valence-electron chi connectivity index (χ0n) is 17.6. The zero-order valence-corrected chi connectivity index (χ0v) is 17.6. The molecule has 0 fully saturated rings. The Hall–Kier alpha value is -1.75. The third-order valence-electron chi connectivity index (χ3n) is 3.96. The normalized spacial score (nSPS) is 14.0. The van der Waals surface area contributed by atoms with Gasteiger partial charge in [-0.2, -0.15) is 0 Å². The van der Waals surface area contributed by atoms with Crippen molar-refractivity contribution in [1.29, 1.82) is 0 Å². The third kappa shape index (κ3) is 15.0. The molecule has 0 saturated heterocycles. The molecule has 152 valence electrons. The van der Waals surface area contributed by atoms with Crippen molar-refractivity contribution in [2.75, 3.05) is 0 Å². The van der Waals surface area contributed by atoms with Gasteiger partial charge >= 0.3 is 5.97 Å². The number of unbranched alkanes of at least 4 members (excludes halogenated alkanes) is 4. The highest BCUT2D eigenvalue weighted by Gasteiger charge is 2.24. The monoisotopic (exact) mass is 376 g/mol. The predicted octanol–water partition coefficient (Wildman–Crippen LogP) is 4.61. The van der Waals surface area contributed by atoms with Crippen LogP contribution in [-0.2, 0) is 14.3 Å². The van der Waals surface area contributed by atoms with Crippen LogP contribution < -0.4 is 0 Å². The summed E-state index contributed by atoms with van der Waals surface area (Å²) in [6.45, 7) is 12.5.